The summed E-state index contributed by atoms with van der Waals surface area (Å²) in [6.45, 7) is 15.6. The second kappa shape index (κ2) is 13.5. The number of aromatic nitrogens is 6. The van der Waals surface area contributed by atoms with E-state index in [-0.39, 0.29) is 17.8 Å². The van der Waals surface area contributed by atoms with Crippen molar-refractivity contribution in [2.24, 2.45) is 17.8 Å². The fraction of sp³-hybridized carbons (Fsp3) is 0.625. The highest BCUT2D eigenvalue weighted by Gasteiger charge is 2.48. The third-order valence-corrected chi connectivity index (χ3v) is 10.8. The quantitative estimate of drug-likeness (QED) is 0.123. The Kier molecular flexibility index (Phi) is 9.87. The molecule has 45 heavy (non-hydrogen) atoms. The van der Waals surface area contributed by atoms with Gasteiger partial charge in [0.25, 0.3) is 5.91 Å². The lowest BCUT2D eigenvalue weighted by molar-refractivity contribution is -0.119. The summed E-state index contributed by atoms with van der Waals surface area (Å²) in [5, 5.41) is 18.4. The van der Waals surface area contributed by atoms with Crippen LogP contribution in [-0.2, 0) is 16.3 Å². The van der Waals surface area contributed by atoms with Gasteiger partial charge in [-0.3, -0.25) is 9.59 Å². The van der Waals surface area contributed by atoms with Crippen molar-refractivity contribution in [3.05, 3.63) is 41.4 Å². The Morgan fingerprint density at radius 1 is 1.13 bits per heavy atom. The third kappa shape index (κ3) is 7.86. The van der Waals surface area contributed by atoms with E-state index in [4.69, 9.17) is 4.74 Å². The molecule has 3 heterocycles. The summed E-state index contributed by atoms with van der Waals surface area (Å²) in [7, 11) is -1.21. The van der Waals surface area contributed by atoms with Crippen LogP contribution < -0.4 is 10.6 Å². The van der Waals surface area contributed by atoms with E-state index in [2.05, 4.69) is 50.7 Å². The predicted octanol–water partition coefficient (Wildman–Crippen LogP) is 5.75. The number of rotatable bonds is 15. The molecule has 2 atom stereocenters. The van der Waals surface area contributed by atoms with Gasteiger partial charge in [0, 0.05) is 31.5 Å². The molecule has 1 unspecified atom stereocenters. The van der Waals surface area contributed by atoms with Gasteiger partial charge in [-0.05, 0) is 88.8 Å². The average molecular weight is 639 g/mol. The van der Waals surface area contributed by atoms with Gasteiger partial charge in [0.05, 0.1) is 17.9 Å². The second-order valence-corrected chi connectivity index (χ2v) is 19.6. The van der Waals surface area contributed by atoms with Gasteiger partial charge < -0.3 is 15.4 Å². The van der Waals surface area contributed by atoms with E-state index >= 15 is 4.39 Å². The van der Waals surface area contributed by atoms with Crippen molar-refractivity contribution < 1.29 is 18.7 Å². The van der Waals surface area contributed by atoms with Crippen LogP contribution in [0.5, 0.6) is 0 Å². The number of carbonyl (C=O) groups excluding carboxylic acids is 2. The van der Waals surface area contributed by atoms with Gasteiger partial charge in [-0.1, -0.05) is 31.8 Å². The monoisotopic (exact) mass is 638 g/mol. The minimum absolute atomic E-state index is 0.00935. The van der Waals surface area contributed by atoms with Gasteiger partial charge in [-0.25, -0.2) is 14.3 Å². The number of hydrogen-bond acceptors (Lipinski definition) is 7. The van der Waals surface area contributed by atoms with Gasteiger partial charge >= 0.3 is 0 Å². The maximum atomic E-state index is 15.6. The van der Waals surface area contributed by atoms with Gasteiger partial charge in [0.15, 0.2) is 0 Å². The number of nitrogens with zero attached hydrogens (tertiary/aromatic N) is 6. The fourth-order valence-corrected chi connectivity index (χ4v) is 6.74. The molecule has 3 aromatic heterocycles. The van der Waals surface area contributed by atoms with Crippen LogP contribution in [0.2, 0.25) is 25.7 Å². The molecule has 2 fully saturated rings. The molecule has 0 aromatic carbocycles. The molecule has 0 saturated heterocycles. The number of ether oxygens (including phenoxy) is 1. The third-order valence-electron chi connectivity index (χ3n) is 9.06. The number of carbonyl (C=O) groups is 2. The summed E-state index contributed by atoms with van der Waals surface area (Å²) in [4.78, 5) is 31.4. The molecule has 5 rings (SSSR count). The van der Waals surface area contributed by atoms with Crippen molar-refractivity contribution in [3.8, 4) is 11.1 Å². The molecular weight excluding hydrogens is 591 g/mol. The van der Waals surface area contributed by atoms with Crippen molar-refractivity contribution in [3.63, 3.8) is 0 Å². The lowest BCUT2D eigenvalue weighted by atomic mass is 9.88. The molecule has 0 radical (unpaired) electrons. The summed E-state index contributed by atoms with van der Waals surface area (Å²) in [6, 6.07) is 3.47. The Morgan fingerprint density at radius 3 is 2.42 bits per heavy atom. The van der Waals surface area contributed by atoms with E-state index in [1.807, 2.05) is 27.7 Å². The first-order chi connectivity index (χ1) is 21.4. The highest BCUT2D eigenvalue weighted by atomic mass is 28.3. The molecule has 2 aliphatic carbocycles. The van der Waals surface area contributed by atoms with Gasteiger partial charge in [-0.2, -0.15) is 9.49 Å². The maximum absolute atomic E-state index is 15.6. The zero-order valence-electron chi connectivity index (χ0n) is 27.6. The molecule has 11 nitrogen and oxygen atoms in total. The van der Waals surface area contributed by atoms with Gasteiger partial charge in [0.2, 0.25) is 11.9 Å². The van der Waals surface area contributed by atoms with Crippen molar-refractivity contribution in [1.82, 2.24) is 35.1 Å². The Labute approximate surface area is 265 Å². The Bertz CT molecular complexity index is 1510. The summed E-state index contributed by atoms with van der Waals surface area (Å²) in [6.07, 6.45) is 6.34. The van der Waals surface area contributed by atoms with E-state index in [1.54, 1.807) is 21.5 Å². The summed E-state index contributed by atoms with van der Waals surface area (Å²) in [5.74, 6) is -0.646. The molecule has 2 saturated carbocycles. The zero-order chi connectivity index (χ0) is 32.5. The molecule has 2 N–H and O–H groups in total. The number of pyridine rings is 1. The van der Waals surface area contributed by atoms with Crippen LogP contribution >= 0.6 is 0 Å². The molecule has 13 heteroatoms. The van der Waals surface area contributed by atoms with E-state index in [0.29, 0.717) is 47.7 Å². The molecule has 0 spiro atoms. The highest BCUT2D eigenvalue weighted by molar-refractivity contribution is 6.76. The number of hydrogen-bond donors (Lipinski definition) is 2. The topological polar surface area (TPSA) is 129 Å². The molecule has 244 valence electrons. The number of halogens is 1. The first kappa shape index (κ1) is 32.9. The normalized spacial score (nSPS) is 16.6. The SMILES string of the molecule is CCC(C)n1nncc1C(=O)N[C@H](C(=O)Nc1ccc(-c2c(C)nn(COCC[Si](C)(C)C)c2C)c(F)n1)C(C1CC1)C1CC1. The zero-order valence-corrected chi connectivity index (χ0v) is 28.6. The van der Waals surface area contributed by atoms with Crippen molar-refractivity contribution in [2.75, 3.05) is 11.9 Å². The van der Waals surface area contributed by atoms with E-state index in [0.717, 1.165) is 43.8 Å². The molecule has 3 aromatic rings. The first-order valence-corrected chi connectivity index (χ1v) is 19.9. The Hall–Kier alpha value is -3.45. The van der Waals surface area contributed by atoms with Crippen LogP contribution in [0.3, 0.4) is 0 Å². The Balaban J connectivity index is 1.32. The second-order valence-electron chi connectivity index (χ2n) is 13.9. The molecule has 0 aliphatic heterocycles. The van der Waals surface area contributed by atoms with E-state index < -0.39 is 31.9 Å². The standard InChI is InChI=1S/C32H47FN8O3Si/c1-8-19(2)41-25(17-34-39-41)31(42)37-29(28(22-9-10-22)23-11-12-23)32(43)36-26-14-13-24(30(33)35-26)27-20(3)38-40(21(27)4)18-44-15-16-45(5,6)7/h13-14,17,19,22-23,28-29H,8-12,15-16,18H2,1-7H3,(H,37,42)(H,35,36,43)/t19?,29-/m0/s1. The largest absolute Gasteiger partial charge is 0.360 e. The van der Waals surface area contributed by atoms with Gasteiger partial charge in [-0.15, -0.1) is 5.10 Å². The highest BCUT2D eigenvalue weighted by Crippen LogP contribution is 2.51. The number of nitrogens with one attached hydrogen (secondary N) is 2. The van der Waals surface area contributed by atoms with Crippen LogP contribution in [-0.4, -0.2) is 62.3 Å². The minimum atomic E-state index is -1.21. The molecular formula is C32H47FN8O3Si. The number of anilines is 1. The summed E-state index contributed by atoms with van der Waals surface area (Å²) in [5.41, 5.74) is 2.73. The van der Waals surface area contributed by atoms with Gasteiger partial charge in [0.1, 0.15) is 24.3 Å². The Morgan fingerprint density at radius 2 is 1.82 bits per heavy atom. The van der Waals surface area contributed by atoms with Crippen LogP contribution in [0.4, 0.5) is 10.2 Å². The van der Waals surface area contributed by atoms with Crippen molar-refractivity contribution in [2.45, 2.75) is 104 Å². The molecule has 2 amide bonds. The average Bonchev–Trinajstić information content (AvgIpc) is 3.92. The predicted molar refractivity (Wildman–Crippen MR) is 173 cm³/mol. The number of aryl methyl sites for hydroxylation is 1. The molecule has 2 aliphatic rings. The van der Waals surface area contributed by atoms with Crippen molar-refractivity contribution in [1.29, 1.82) is 0 Å². The van der Waals surface area contributed by atoms with Crippen LogP contribution in [0.25, 0.3) is 11.1 Å². The van der Waals surface area contributed by atoms with Crippen LogP contribution in [0.1, 0.15) is 73.9 Å². The van der Waals surface area contributed by atoms with E-state index in [1.165, 1.54) is 6.20 Å². The lowest BCUT2D eigenvalue weighted by Gasteiger charge is -2.27. The van der Waals surface area contributed by atoms with E-state index in [9.17, 15) is 9.59 Å². The first-order valence-electron chi connectivity index (χ1n) is 16.2. The van der Waals surface area contributed by atoms with Crippen molar-refractivity contribution >= 4 is 25.7 Å². The maximum Gasteiger partial charge on any atom is 0.271 e. The smallest absolute Gasteiger partial charge is 0.271 e. The summed E-state index contributed by atoms with van der Waals surface area (Å²) < 4.78 is 24.8. The lowest BCUT2D eigenvalue weighted by Crippen LogP contribution is -2.50. The van der Waals surface area contributed by atoms with Crippen LogP contribution in [0.15, 0.2) is 18.3 Å². The summed E-state index contributed by atoms with van der Waals surface area (Å²) >= 11 is 0. The van der Waals surface area contributed by atoms with Crippen LogP contribution in [0, 0.1) is 37.5 Å². The molecule has 0 bridgehead atoms. The fourth-order valence-electron chi connectivity index (χ4n) is 5.98. The number of amides is 2. The minimum Gasteiger partial charge on any atom is -0.360 e.